The van der Waals surface area contributed by atoms with Crippen LogP contribution in [0.3, 0.4) is 0 Å². The molecule has 0 aliphatic heterocycles. The van der Waals surface area contributed by atoms with E-state index in [0.717, 1.165) is 5.38 Å². The molecule has 0 aromatic carbocycles. The zero-order valence-electron chi connectivity index (χ0n) is 13.5. The number of aromatic nitrogens is 1. The third-order valence-corrected chi connectivity index (χ3v) is 11.8. The largest absolute Gasteiger partial charge is 0.464 e. The van der Waals surface area contributed by atoms with E-state index in [1.165, 1.54) is 6.07 Å². The van der Waals surface area contributed by atoms with E-state index in [-0.39, 0.29) is 5.15 Å². The summed E-state index contributed by atoms with van der Waals surface area (Å²) in [6.07, 6.45) is 0. The fraction of sp³-hybridized carbons (Fsp3) is 0.562. The highest BCUT2D eigenvalue weighted by molar-refractivity contribution is 6.94. The van der Waals surface area contributed by atoms with Crippen molar-refractivity contribution in [1.82, 2.24) is 4.98 Å². The quantitative estimate of drug-likeness (QED) is 0.547. The molecule has 0 bridgehead atoms. The Morgan fingerprint density at radius 3 is 2.05 bits per heavy atom. The lowest BCUT2D eigenvalue weighted by atomic mass is 10.4. The topological polar surface area (TPSA) is 26.0 Å². The van der Waals surface area contributed by atoms with Gasteiger partial charge in [0.25, 0.3) is 0 Å². The lowest BCUT2D eigenvalue weighted by molar-refractivity contribution is 0.605. The molecule has 0 aliphatic carbocycles. The van der Waals surface area contributed by atoms with Crippen molar-refractivity contribution in [1.29, 1.82) is 0 Å². The zero-order valence-corrected chi connectivity index (χ0v) is 15.3. The van der Waals surface area contributed by atoms with Gasteiger partial charge < -0.3 is 4.42 Å². The molecular weight excluding hydrogens is 305 g/mol. The van der Waals surface area contributed by atoms with Gasteiger partial charge in [0.1, 0.15) is 13.6 Å². The number of halogens is 2. The highest BCUT2D eigenvalue weighted by Gasteiger charge is 2.47. The molecule has 2 heterocycles. The van der Waals surface area contributed by atoms with E-state index in [0.29, 0.717) is 27.7 Å². The minimum absolute atomic E-state index is 0.0965. The first kappa shape index (κ1) is 16.5. The van der Waals surface area contributed by atoms with Crippen molar-refractivity contribution in [2.75, 3.05) is 0 Å². The number of pyridine rings is 1. The molecular formula is C16H23ClFNOSi. The summed E-state index contributed by atoms with van der Waals surface area (Å²) < 4.78 is 19.6. The van der Waals surface area contributed by atoms with Gasteiger partial charge in [0, 0.05) is 12.1 Å². The van der Waals surface area contributed by atoms with Crippen molar-refractivity contribution in [3.63, 3.8) is 0 Å². The summed E-state index contributed by atoms with van der Waals surface area (Å²) in [7, 11) is -1.89. The van der Waals surface area contributed by atoms with Crippen LogP contribution in [0.4, 0.5) is 4.39 Å². The maximum atomic E-state index is 13.6. The number of rotatable bonds is 4. The zero-order chi connectivity index (χ0) is 15.9. The van der Waals surface area contributed by atoms with Gasteiger partial charge in [0.05, 0.1) is 5.38 Å². The fourth-order valence-corrected chi connectivity index (χ4v) is 10.5. The normalized spacial score (nSPS) is 13.1. The van der Waals surface area contributed by atoms with Crippen LogP contribution in [0.15, 0.2) is 16.5 Å². The van der Waals surface area contributed by atoms with Crippen LogP contribution in [0.2, 0.25) is 21.8 Å². The fourth-order valence-electron chi connectivity index (χ4n) is 3.99. The molecule has 0 unspecified atom stereocenters. The second kappa shape index (κ2) is 5.73. The van der Waals surface area contributed by atoms with Crippen LogP contribution in [-0.4, -0.2) is 13.1 Å². The third kappa shape index (κ3) is 2.53. The molecule has 0 N–H and O–H groups in total. The first-order valence-electron chi connectivity index (χ1n) is 7.47. The molecule has 0 saturated carbocycles. The van der Waals surface area contributed by atoms with Crippen molar-refractivity contribution >= 4 is 36.2 Å². The second-order valence-electron chi connectivity index (χ2n) is 6.65. The minimum Gasteiger partial charge on any atom is -0.464 e. The smallest absolute Gasteiger partial charge is 0.165 e. The predicted molar refractivity (Wildman–Crippen MR) is 89.7 cm³/mol. The van der Waals surface area contributed by atoms with Gasteiger partial charge in [0.15, 0.2) is 16.6 Å². The van der Waals surface area contributed by atoms with Crippen molar-refractivity contribution in [3.05, 3.63) is 23.1 Å². The lowest BCUT2D eigenvalue weighted by Gasteiger charge is -2.40. The highest BCUT2D eigenvalue weighted by atomic mass is 35.5. The van der Waals surface area contributed by atoms with E-state index in [4.69, 9.17) is 16.0 Å². The molecule has 0 spiro atoms. The van der Waals surface area contributed by atoms with E-state index in [2.05, 4.69) is 46.5 Å². The molecule has 0 saturated heterocycles. The number of hydrogen-bond donors (Lipinski definition) is 0. The van der Waals surface area contributed by atoms with Crippen molar-refractivity contribution in [2.24, 2.45) is 0 Å². The van der Waals surface area contributed by atoms with Gasteiger partial charge in [-0.3, -0.25) is 0 Å². The van der Waals surface area contributed by atoms with Crippen LogP contribution in [0.5, 0.6) is 0 Å². The summed E-state index contributed by atoms with van der Waals surface area (Å²) in [6, 6.07) is 3.32. The van der Waals surface area contributed by atoms with Crippen molar-refractivity contribution in [2.45, 2.75) is 58.2 Å². The summed E-state index contributed by atoms with van der Waals surface area (Å²) >= 11 is 5.78. The van der Waals surface area contributed by atoms with Gasteiger partial charge in [-0.15, -0.1) is 0 Å². The van der Waals surface area contributed by atoms with Crippen LogP contribution >= 0.6 is 11.6 Å². The molecule has 0 atom stereocenters. The number of hydrogen-bond acceptors (Lipinski definition) is 2. The van der Waals surface area contributed by atoms with E-state index >= 15 is 0 Å². The van der Waals surface area contributed by atoms with E-state index in [1.807, 2.05) is 6.07 Å². The summed E-state index contributed by atoms with van der Waals surface area (Å²) in [5, 5.41) is 0.910. The molecule has 21 heavy (non-hydrogen) atoms. The number of fused-ring (bicyclic) bond motifs is 1. The molecule has 0 fully saturated rings. The molecule has 2 aromatic heterocycles. The molecule has 0 amide bonds. The predicted octanol–water partition coefficient (Wildman–Crippen LogP) is 5.51. The molecule has 0 aliphatic rings. The molecule has 0 radical (unpaired) electrons. The first-order valence-corrected chi connectivity index (χ1v) is 10.1. The summed E-state index contributed by atoms with van der Waals surface area (Å²) in [6.45, 7) is 13.6. The Morgan fingerprint density at radius 2 is 1.57 bits per heavy atom. The van der Waals surface area contributed by atoms with Gasteiger partial charge in [-0.2, -0.15) is 0 Å². The van der Waals surface area contributed by atoms with Gasteiger partial charge in [-0.25, -0.2) is 9.37 Å². The average Bonchev–Trinajstić information content (AvgIpc) is 2.71. The molecule has 116 valence electrons. The number of nitrogens with zero attached hydrogens (tertiary/aromatic N) is 1. The second-order valence-corrected chi connectivity index (χ2v) is 12.8. The highest BCUT2D eigenvalue weighted by Crippen LogP contribution is 2.41. The van der Waals surface area contributed by atoms with Crippen molar-refractivity contribution < 1.29 is 8.81 Å². The lowest BCUT2D eigenvalue weighted by Crippen LogP contribution is -2.55. The Morgan fingerprint density at radius 1 is 1.05 bits per heavy atom. The summed E-state index contributed by atoms with van der Waals surface area (Å²) in [5.41, 5.74) is 2.72. The van der Waals surface area contributed by atoms with E-state index in [9.17, 15) is 4.39 Å². The average molecular weight is 328 g/mol. The monoisotopic (exact) mass is 327 g/mol. The van der Waals surface area contributed by atoms with Crippen LogP contribution in [0, 0.1) is 5.82 Å². The molecule has 2 aromatic rings. The van der Waals surface area contributed by atoms with E-state index in [1.54, 1.807) is 0 Å². The van der Waals surface area contributed by atoms with Gasteiger partial charge in [0.2, 0.25) is 0 Å². The standard InChI is InChI=1S/C16H23ClFNOSi/c1-9(2)21(10(3)4,11(5)6)15-8-13-14(20-15)7-12(18)16(17)19-13/h7-11H,1-6H3. The molecule has 2 rings (SSSR count). The van der Waals surface area contributed by atoms with Crippen molar-refractivity contribution in [3.8, 4) is 0 Å². The number of furan rings is 1. The van der Waals surface area contributed by atoms with Crippen LogP contribution < -0.4 is 5.38 Å². The molecule has 2 nitrogen and oxygen atoms in total. The van der Waals surface area contributed by atoms with Gasteiger partial charge >= 0.3 is 0 Å². The summed E-state index contributed by atoms with van der Waals surface area (Å²) in [5.74, 6) is -0.532. The Bertz CT molecular complexity index is 590. The molecule has 5 heteroatoms. The van der Waals surface area contributed by atoms with E-state index < -0.39 is 13.9 Å². The van der Waals surface area contributed by atoms with Gasteiger partial charge in [-0.05, 0) is 16.6 Å². The summed E-state index contributed by atoms with van der Waals surface area (Å²) in [4.78, 5) is 4.11. The first-order chi connectivity index (χ1) is 9.71. The Balaban J connectivity index is 2.71. The maximum Gasteiger partial charge on any atom is 0.165 e. The Kier molecular flexibility index (Phi) is 4.50. The van der Waals surface area contributed by atoms with Crippen LogP contribution in [0.1, 0.15) is 41.5 Å². The Hall–Kier alpha value is -0.873. The van der Waals surface area contributed by atoms with Gasteiger partial charge in [-0.1, -0.05) is 53.1 Å². The Labute approximate surface area is 131 Å². The van der Waals surface area contributed by atoms with Crippen LogP contribution in [0.25, 0.3) is 11.1 Å². The SMILES string of the molecule is CC(C)[Si](c1cc2nc(Cl)c(F)cc2o1)(C(C)C)C(C)C. The van der Waals surface area contributed by atoms with Crippen LogP contribution in [-0.2, 0) is 0 Å². The third-order valence-electron chi connectivity index (χ3n) is 4.71. The maximum absolute atomic E-state index is 13.6. The minimum atomic E-state index is -1.89.